The standard InChI is InChI=1S/C30H34N4O6/c1-20(28(37)34-25-11-6-21(7-12-25)8-15-27(35)36)33-30(39)24-5-3-4-22(18-24)19-32-29(38)23-9-13-26(14-10-23)40-17-16-31-2/h3-7,9-14,18,20,31H,8,15-17,19H2,1-2H3,(H,32,38)(H,33,39)(H,34,37)(H,35,36)/t20-/m0/s1. The third-order valence-corrected chi connectivity index (χ3v) is 5.97. The fraction of sp³-hybridized carbons (Fsp3) is 0.267. The molecule has 0 spiro atoms. The molecule has 3 amide bonds. The van der Waals surface area contributed by atoms with E-state index in [1.165, 1.54) is 0 Å². The maximum atomic E-state index is 12.8. The van der Waals surface area contributed by atoms with Crippen LogP contribution in [0.25, 0.3) is 0 Å². The molecule has 0 bridgehead atoms. The van der Waals surface area contributed by atoms with Gasteiger partial charge in [-0.2, -0.15) is 0 Å². The lowest BCUT2D eigenvalue weighted by Gasteiger charge is -2.15. The molecule has 0 saturated carbocycles. The number of ether oxygens (including phenoxy) is 1. The number of benzene rings is 3. The Kier molecular flexibility index (Phi) is 11.2. The summed E-state index contributed by atoms with van der Waals surface area (Å²) >= 11 is 0. The predicted molar refractivity (Wildman–Crippen MR) is 151 cm³/mol. The summed E-state index contributed by atoms with van der Waals surface area (Å²) in [6.45, 7) is 3.05. The molecule has 40 heavy (non-hydrogen) atoms. The summed E-state index contributed by atoms with van der Waals surface area (Å²) in [6, 6.07) is 19.7. The molecule has 0 heterocycles. The molecule has 0 fully saturated rings. The molecule has 0 aromatic heterocycles. The van der Waals surface area contributed by atoms with Gasteiger partial charge in [-0.1, -0.05) is 24.3 Å². The first kappa shape index (κ1) is 29.9. The normalized spacial score (nSPS) is 11.2. The van der Waals surface area contributed by atoms with Gasteiger partial charge in [0, 0.05) is 36.3 Å². The van der Waals surface area contributed by atoms with Gasteiger partial charge in [-0.15, -0.1) is 0 Å². The van der Waals surface area contributed by atoms with Gasteiger partial charge in [0.2, 0.25) is 5.91 Å². The number of carbonyl (C=O) groups excluding carboxylic acids is 3. The van der Waals surface area contributed by atoms with Crippen LogP contribution < -0.4 is 26.0 Å². The number of carbonyl (C=O) groups is 4. The van der Waals surface area contributed by atoms with Crippen molar-refractivity contribution in [1.29, 1.82) is 0 Å². The lowest BCUT2D eigenvalue weighted by Crippen LogP contribution is -2.41. The van der Waals surface area contributed by atoms with E-state index in [1.54, 1.807) is 79.7 Å². The van der Waals surface area contributed by atoms with E-state index in [0.717, 1.165) is 17.7 Å². The van der Waals surface area contributed by atoms with Crippen LogP contribution >= 0.6 is 0 Å². The molecule has 0 unspecified atom stereocenters. The number of carboxylic acid groups (broad SMARTS) is 1. The van der Waals surface area contributed by atoms with E-state index < -0.39 is 23.8 Å². The van der Waals surface area contributed by atoms with E-state index in [1.807, 2.05) is 7.05 Å². The summed E-state index contributed by atoms with van der Waals surface area (Å²) in [5.41, 5.74) is 2.97. The number of aryl methyl sites for hydroxylation is 1. The monoisotopic (exact) mass is 546 g/mol. The number of likely N-dealkylation sites (N-methyl/N-ethyl adjacent to an activating group) is 1. The highest BCUT2D eigenvalue weighted by molar-refractivity contribution is 6.01. The molecule has 1 atom stereocenters. The lowest BCUT2D eigenvalue weighted by molar-refractivity contribution is -0.137. The topological polar surface area (TPSA) is 146 Å². The lowest BCUT2D eigenvalue weighted by atomic mass is 10.1. The zero-order valence-corrected chi connectivity index (χ0v) is 22.5. The van der Waals surface area contributed by atoms with Gasteiger partial charge in [-0.25, -0.2) is 0 Å². The van der Waals surface area contributed by atoms with Crippen molar-refractivity contribution >= 4 is 29.4 Å². The molecule has 0 aliphatic rings. The smallest absolute Gasteiger partial charge is 0.303 e. The van der Waals surface area contributed by atoms with E-state index in [9.17, 15) is 19.2 Å². The van der Waals surface area contributed by atoms with Crippen molar-refractivity contribution in [2.45, 2.75) is 32.4 Å². The fourth-order valence-electron chi connectivity index (χ4n) is 3.68. The van der Waals surface area contributed by atoms with Gasteiger partial charge >= 0.3 is 5.97 Å². The molecule has 10 heteroatoms. The molecule has 3 aromatic rings. The van der Waals surface area contributed by atoms with Crippen LogP contribution in [0.2, 0.25) is 0 Å². The first-order chi connectivity index (χ1) is 19.2. The summed E-state index contributed by atoms with van der Waals surface area (Å²) in [5.74, 6) is -1.26. The van der Waals surface area contributed by atoms with Gasteiger partial charge in [0.25, 0.3) is 11.8 Å². The third kappa shape index (κ3) is 9.55. The van der Waals surface area contributed by atoms with Crippen molar-refractivity contribution in [3.63, 3.8) is 0 Å². The number of aliphatic carboxylic acids is 1. The molecule has 210 valence electrons. The van der Waals surface area contributed by atoms with Crippen LogP contribution in [0.15, 0.2) is 72.8 Å². The second kappa shape index (κ2) is 15.0. The average Bonchev–Trinajstić information content (AvgIpc) is 2.96. The Morgan fingerprint density at radius 2 is 1.60 bits per heavy atom. The van der Waals surface area contributed by atoms with Gasteiger partial charge < -0.3 is 31.1 Å². The van der Waals surface area contributed by atoms with Crippen molar-refractivity contribution in [1.82, 2.24) is 16.0 Å². The van der Waals surface area contributed by atoms with Crippen LogP contribution in [0, 0.1) is 0 Å². The number of hydrogen-bond donors (Lipinski definition) is 5. The van der Waals surface area contributed by atoms with Crippen LogP contribution in [0.3, 0.4) is 0 Å². The summed E-state index contributed by atoms with van der Waals surface area (Å²) in [5, 5.41) is 20.0. The van der Waals surface area contributed by atoms with Crippen molar-refractivity contribution in [2.75, 3.05) is 25.5 Å². The Morgan fingerprint density at radius 3 is 2.27 bits per heavy atom. The maximum Gasteiger partial charge on any atom is 0.303 e. The Morgan fingerprint density at radius 1 is 0.875 bits per heavy atom. The fourth-order valence-corrected chi connectivity index (χ4v) is 3.68. The van der Waals surface area contributed by atoms with Crippen molar-refractivity contribution in [2.24, 2.45) is 0 Å². The van der Waals surface area contributed by atoms with Crippen LogP contribution in [-0.4, -0.2) is 55.0 Å². The quantitative estimate of drug-likeness (QED) is 0.195. The SMILES string of the molecule is CNCCOc1ccc(C(=O)NCc2cccc(C(=O)N[C@@H](C)C(=O)Nc3ccc(CCC(=O)O)cc3)c2)cc1. The minimum absolute atomic E-state index is 0.0314. The van der Waals surface area contributed by atoms with Crippen molar-refractivity contribution in [3.05, 3.63) is 95.1 Å². The molecular formula is C30H34N4O6. The van der Waals surface area contributed by atoms with Crippen LogP contribution in [0.1, 0.15) is 45.2 Å². The number of amides is 3. The first-order valence-electron chi connectivity index (χ1n) is 12.9. The zero-order chi connectivity index (χ0) is 28.9. The van der Waals surface area contributed by atoms with Crippen LogP contribution in [0.5, 0.6) is 5.75 Å². The second-order valence-electron chi connectivity index (χ2n) is 9.13. The Balaban J connectivity index is 1.49. The zero-order valence-electron chi connectivity index (χ0n) is 22.5. The first-order valence-corrected chi connectivity index (χ1v) is 12.9. The molecule has 5 N–H and O–H groups in total. The van der Waals surface area contributed by atoms with E-state index in [-0.39, 0.29) is 18.9 Å². The van der Waals surface area contributed by atoms with Crippen molar-refractivity contribution < 1.29 is 29.0 Å². The molecular weight excluding hydrogens is 512 g/mol. The summed E-state index contributed by atoms with van der Waals surface area (Å²) < 4.78 is 5.56. The molecule has 0 aliphatic carbocycles. The van der Waals surface area contributed by atoms with Crippen molar-refractivity contribution in [3.8, 4) is 5.75 Å². The summed E-state index contributed by atoms with van der Waals surface area (Å²) in [6.07, 6.45) is 0.433. The van der Waals surface area contributed by atoms with E-state index >= 15 is 0 Å². The van der Waals surface area contributed by atoms with Gasteiger partial charge in [0.15, 0.2) is 0 Å². The minimum Gasteiger partial charge on any atom is -0.492 e. The molecule has 0 aliphatic heterocycles. The van der Waals surface area contributed by atoms with E-state index in [0.29, 0.717) is 35.6 Å². The minimum atomic E-state index is -0.870. The van der Waals surface area contributed by atoms with Crippen LogP contribution in [-0.2, 0) is 22.6 Å². The number of hydrogen-bond acceptors (Lipinski definition) is 6. The maximum absolute atomic E-state index is 12.8. The second-order valence-corrected chi connectivity index (χ2v) is 9.13. The molecule has 10 nitrogen and oxygen atoms in total. The van der Waals surface area contributed by atoms with Crippen LogP contribution in [0.4, 0.5) is 5.69 Å². The third-order valence-electron chi connectivity index (χ3n) is 5.97. The molecule has 0 saturated heterocycles. The van der Waals surface area contributed by atoms with E-state index in [2.05, 4.69) is 21.3 Å². The van der Waals surface area contributed by atoms with Gasteiger partial charge in [0.1, 0.15) is 18.4 Å². The Hall–Kier alpha value is -4.70. The number of nitrogens with one attached hydrogen (secondary N) is 4. The Labute approximate surface area is 233 Å². The highest BCUT2D eigenvalue weighted by Crippen LogP contribution is 2.14. The van der Waals surface area contributed by atoms with Gasteiger partial charge in [-0.3, -0.25) is 19.2 Å². The average molecular weight is 547 g/mol. The number of rotatable bonds is 14. The Bertz CT molecular complexity index is 1310. The van der Waals surface area contributed by atoms with Gasteiger partial charge in [-0.05, 0) is 80.1 Å². The molecule has 0 radical (unpaired) electrons. The predicted octanol–water partition coefficient (Wildman–Crippen LogP) is 2.99. The highest BCUT2D eigenvalue weighted by Gasteiger charge is 2.17. The number of carboxylic acids is 1. The summed E-state index contributed by atoms with van der Waals surface area (Å²) in [4.78, 5) is 48.6. The summed E-state index contributed by atoms with van der Waals surface area (Å²) in [7, 11) is 1.84. The molecule has 3 rings (SSSR count). The molecule has 3 aromatic carbocycles. The highest BCUT2D eigenvalue weighted by atomic mass is 16.5. The van der Waals surface area contributed by atoms with Gasteiger partial charge in [0.05, 0.1) is 0 Å². The van der Waals surface area contributed by atoms with E-state index in [4.69, 9.17) is 9.84 Å². The number of anilines is 1. The largest absolute Gasteiger partial charge is 0.492 e.